The first-order valence-corrected chi connectivity index (χ1v) is 6.25. The van der Waals surface area contributed by atoms with Crippen molar-refractivity contribution in [3.8, 4) is 0 Å². The third-order valence-electron chi connectivity index (χ3n) is 1.17. The van der Waals surface area contributed by atoms with E-state index in [0.717, 1.165) is 6.26 Å². The quantitative estimate of drug-likeness (QED) is 0.515. The maximum atomic E-state index is 10.4. The minimum absolute atomic E-state index is 0.0493. The van der Waals surface area contributed by atoms with Crippen LogP contribution in [0.5, 0.6) is 0 Å². The van der Waals surface area contributed by atoms with Crippen molar-refractivity contribution in [1.82, 2.24) is 0 Å². The number of hydrogen-bond donors (Lipinski definition) is 1. The van der Waals surface area contributed by atoms with Crippen LogP contribution in [0.1, 0.15) is 13.3 Å². The van der Waals surface area contributed by atoms with Gasteiger partial charge < -0.3 is 4.55 Å². The van der Waals surface area contributed by atoms with E-state index in [2.05, 4.69) is 4.18 Å². The lowest BCUT2D eigenvalue weighted by Gasteiger charge is -2.05. The molecule has 74 valence electrons. The maximum Gasteiger partial charge on any atom is 0.264 e. The van der Waals surface area contributed by atoms with E-state index in [1.165, 1.54) is 0 Å². The fourth-order valence-corrected chi connectivity index (χ4v) is 1.16. The molecule has 0 aliphatic rings. The summed E-state index contributed by atoms with van der Waals surface area (Å²) in [7, 11) is -3.43. The van der Waals surface area contributed by atoms with E-state index in [9.17, 15) is 12.6 Å². The normalized spacial score (nSPS) is 17.2. The van der Waals surface area contributed by atoms with Crippen molar-refractivity contribution in [2.24, 2.45) is 0 Å². The average molecular weight is 216 g/mol. The summed E-state index contributed by atoms with van der Waals surface area (Å²) >= 11 is -1.91. The summed E-state index contributed by atoms with van der Waals surface area (Å²) in [6, 6.07) is 0. The Bertz CT molecular complexity index is 245. The molecule has 7 heteroatoms. The first-order valence-electron chi connectivity index (χ1n) is 3.27. The topological polar surface area (TPSA) is 80.7 Å². The predicted octanol–water partition coefficient (Wildman–Crippen LogP) is -0.0371. The molecule has 5 nitrogen and oxygen atoms in total. The molecule has 0 radical (unpaired) electrons. The molecule has 0 amide bonds. The van der Waals surface area contributed by atoms with Gasteiger partial charge in [-0.15, -0.1) is 0 Å². The van der Waals surface area contributed by atoms with E-state index in [-0.39, 0.29) is 13.0 Å². The van der Waals surface area contributed by atoms with E-state index < -0.39 is 26.4 Å². The van der Waals surface area contributed by atoms with Crippen molar-refractivity contribution in [3.63, 3.8) is 0 Å². The zero-order valence-corrected chi connectivity index (χ0v) is 8.52. The summed E-state index contributed by atoms with van der Waals surface area (Å²) in [6.07, 6.45) is 1.18. The Morgan fingerprint density at radius 2 is 2.08 bits per heavy atom. The van der Waals surface area contributed by atoms with Crippen LogP contribution in [-0.2, 0) is 25.4 Å². The van der Waals surface area contributed by atoms with Crippen LogP contribution in [0.4, 0.5) is 0 Å². The van der Waals surface area contributed by atoms with E-state index in [0.29, 0.717) is 0 Å². The Labute approximate surface area is 74.5 Å². The van der Waals surface area contributed by atoms with Crippen molar-refractivity contribution in [2.45, 2.75) is 18.6 Å². The molecule has 0 saturated carbocycles. The molecule has 0 heterocycles. The van der Waals surface area contributed by atoms with Crippen LogP contribution in [-0.4, -0.2) is 35.3 Å². The molecule has 0 aromatic carbocycles. The van der Waals surface area contributed by atoms with Gasteiger partial charge >= 0.3 is 0 Å². The Morgan fingerprint density at radius 1 is 1.58 bits per heavy atom. The molecular formula is C5H12O5S2. The number of rotatable bonds is 5. The molecule has 0 aromatic rings. The minimum Gasteiger partial charge on any atom is -0.306 e. The first-order chi connectivity index (χ1) is 5.33. The largest absolute Gasteiger partial charge is 0.306 e. The van der Waals surface area contributed by atoms with E-state index in [1.54, 1.807) is 6.92 Å². The van der Waals surface area contributed by atoms with Crippen LogP contribution in [0.2, 0.25) is 0 Å². The fraction of sp³-hybridized carbons (Fsp3) is 1.00. The van der Waals surface area contributed by atoms with Crippen molar-refractivity contribution in [3.05, 3.63) is 0 Å². The third-order valence-corrected chi connectivity index (χ3v) is 2.68. The van der Waals surface area contributed by atoms with Gasteiger partial charge in [-0.25, -0.2) is 4.21 Å². The van der Waals surface area contributed by atoms with Gasteiger partial charge in [-0.05, 0) is 13.3 Å². The van der Waals surface area contributed by atoms with Gasteiger partial charge in [-0.3, -0.25) is 4.18 Å². The van der Waals surface area contributed by atoms with Gasteiger partial charge in [-0.2, -0.15) is 8.42 Å². The van der Waals surface area contributed by atoms with Crippen LogP contribution in [0.3, 0.4) is 0 Å². The number of hydrogen-bond acceptors (Lipinski definition) is 4. The molecule has 2 atom stereocenters. The van der Waals surface area contributed by atoms with Crippen molar-refractivity contribution in [2.75, 3.05) is 12.9 Å². The molecule has 0 aliphatic carbocycles. The lowest BCUT2D eigenvalue weighted by Crippen LogP contribution is -2.14. The summed E-state index contributed by atoms with van der Waals surface area (Å²) in [5, 5.41) is -0.466. The first kappa shape index (κ1) is 12.0. The Morgan fingerprint density at radius 3 is 2.42 bits per heavy atom. The summed E-state index contributed by atoms with van der Waals surface area (Å²) in [4.78, 5) is 0. The standard InChI is InChI=1S/C5H12O5S2/c1-5(11(6)7)3-4-10-12(2,8)9/h5H,3-4H2,1-2H3,(H,6,7). The molecule has 0 aliphatic heterocycles. The van der Waals surface area contributed by atoms with Gasteiger partial charge in [0.15, 0.2) is 11.1 Å². The summed E-state index contributed by atoms with van der Waals surface area (Å²) in [5.41, 5.74) is 0. The molecule has 0 fully saturated rings. The van der Waals surface area contributed by atoms with Gasteiger partial charge in [0.1, 0.15) is 0 Å². The molecule has 0 spiro atoms. The van der Waals surface area contributed by atoms with Gasteiger partial charge in [0.25, 0.3) is 10.1 Å². The summed E-state index contributed by atoms with van der Waals surface area (Å²) in [6.45, 7) is 1.49. The van der Waals surface area contributed by atoms with Gasteiger partial charge in [0.05, 0.1) is 18.1 Å². The molecule has 0 rings (SSSR count). The molecular weight excluding hydrogens is 204 g/mol. The molecule has 12 heavy (non-hydrogen) atoms. The Balaban J connectivity index is 3.65. The molecule has 2 unspecified atom stereocenters. The summed E-state index contributed by atoms with van der Waals surface area (Å²) < 4.78 is 44.1. The smallest absolute Gasteiger partial charge is 0.264 e. The zero-order chi connectivity index (χ0) is 9.78. The monoisotopic (exact) mass is 216 g/mol. The SMILES string of the molecule is CC(CCOS(C)(=O)=O)S(=O)O. The molecule has 0 saturated heterocycles. The van der Waals surface area contributed by atoms with E-state index in [1.807, 2.05) is 0 Å². The van der Waals surface area contributed by atoms with Crippen molar-refractivity contribution >= 4 is 21.2 Å². The maximum absolute atomic E-state index is 10.4. The van der Waals surface area contributed by atoms with Crippen LogP contribution in [0.15, 0.2) is 0 Å². The fourth-order valence-electron chi connectivity index (χ4n) is 0.466. The highest BCUT2D eigenvalue weighted by atomic mass is 32.2. The summed E-state index contributed by atoms with van der Waals surface area (Å²) in [5.74, 6) is 0. The molecule has 0 aromatic heterocycles. The lowest BCUT2D eigenvalue weighted by molar-refractivity contribution is 0.314. The second kappa shape index (κ2) is 4.90. The second-order valence-corrected chi connectivity index (χ2v) is 5.40. The highest BCUT2D eigenvalue weighted by Gasteiger charge is 2.09. The minimum atomic E-state index is -3.43. The lowest BCUT2D eigenvalue weighted by atomic mass is 10.4. The van der Waals surface area contributed by atoms with E-state index in [4.69, 9.17) is 4.55 Å². The zero-order valence-electron chi connectivity index (χ0n) is 6.89. The van der Waals surface area contributed by atoms with Crippen molar-refractivity contribution in [1.29, 1.82) is 0 Å². The van der Waals surface area contributed by atoms with Crippen molar-refractivity contribution < 1.29 is 21.4 Å². The van der Waals surface area contributed by atoms with Gasteiger partial charge in [0.2, 0.25) is 0 Å². The van der Waals surface area contributed by atoms with Crippen LogP contribution in [0, 0.1) is 0 Å². The van der Waals surface area contributed by atoms with Gasteiger partial charge in [0, 0.05) is 0 Å². The molecule has 0 bridgehead atoms. The van der Waals surface area contributed by atoms with Crippen LogP contribution in [0.25, 0.3) is 0 Å². The van der Waals surface area contributed by atoms with Crippen LogP contribution < -0.4 is 0 Å². The van der Waals surface area contributed by atoms with Crippen LogP contribution >= 0.6 is 0 Å². The predicted molar refractivity (Wildman–Crippen MR) is 45.6 cm³/mol. The third kappa shape index (κ3) is 6.71. The van der Waals surface area contributed by atoms with Gasteiger partial charge in [-0.1, -0.05) is 0 Å². The van der Waals surface area contributed by atoms with E-state index >= 15 is 0 Å². The highest BCUT2D eigenvalue weighted by molar-refractivity contribution is 7.86. The Kier molecular flexibility index (Phi) is 4.91. The second-order valence-electron chi connectivity index (χ2n) is 2.40. The molecule has 1 N–H and O–H groups in total. The average Bonchev–Trinajstić information content (AvgIpc) is 1.84. The Hall–Kier alpha value is 0.0200. The highest BCUT2D eigenvalue weighted by Crippen LogP contribution is 2.00.